The lowest BCUT2D eigenvalue weighted by molar-refractivity contribution is 0.266. The maximum atomic E-state index is 9.11. The maximum Gasteiger partial charge on any atom is 0.135 e. The molecule has 0 aliphatic heterocycles. The summed E-state index contributed by atoms with van der Waals surface area (Å²) in [6.45, 7) is 2.77. The summed E-state index contributed by atoms with van der Waals surface area (Å²) in [5.74, 6) is 0.688. The van der Waals surface area contributed by atoms with Crippen molar-refractivity contribution in [3.05, 3.63) is 24.0 Å². The Hall–Kier alpha value is -1.55. The third-order valence-corrected chi connectivity index (χ3v) is 2.31. The molecule has 0 saturated heterocycles. The Kier molecular flexibility index (Phi) is 2.13. The Labute approximate surface area is 82.0 Å². The largest absolute Gasteiger partial charge is 0.399 e. The predicted molar refractivity (Wildman–Crippen MR) is 55.7 cm³/mol. The minimum atomic E-state index is -0.0393. The molecule has 0 spiro atoms. The predicted octanol–water partition coefficient (Wildman–Crippen LogP) is 1.13. The number of fused-ring (bicyclic) bond motifs is 1. The number of nitrogens with two attached hydrogens (primary N) is 1. The van der Waals surface area contributed by atoms with Crippen molar-refractivity contribution in [3.8, 4) is 0 Å². The zero-order valence-corrected chi connectivity index (χ0v) is 8.07. The van der Waals surface area contributed by atoms with E-state index in [1.807, 2.05) is 29.7 Å². The molecule has 74 valence electrons. The van der Waals surface area contributed by atoms with Crippen molar-refractivity contribution in [2.45, 2.75) is 20.1 Å². The Morgan fingerprint density at radius 3 is 2.93 bits per heavy atom. The van der Waals surface area contributed by atoms with Gasteiger partial charge in [0.2, 0.25) is 0 Å². The standard InChI is InChI=1S/C10H13N3O/c1-2-13-9-5-7(11)3-4-8(9)12-10(13)6-14/h3-5,14H,2,6,11H2,1H3. The summed E-state index contributed by atoms with van der Waals surface area (Å²) in [4.78, 5) is 4.30. The van der Waals surface area contributed by atoms with Crippen LogP contribution in [0.3, 0.4) is 0 Å². The number of nitrogen functional groups attached to an aromatic ring is 1. The summed E-state index contributed by atoms with van der Waals surface area (Å²) in [5.41, 5.74) is 8.28. The van der Waals surface area contributed by atoms with E-state index >= 15 is 0 Å². The number of nitrogens with zero attached hydrogens (tertiary/aromatic N) is 2. The zero-order valence-electron chi connectivity index (χ0n) is 8.07. The number of hydrogen-bond acceptors (Lipinski definition) is 3. The molecule has 0 aliphatic carbocycles. The van der Waals surface area contributed by atoms with Gasteiger partial charge in [0.1, 0.15) is 12.4 Å². The van der Waals surface area contributed by atoms with Gasteiger partial charge in [-0.1, -0.05) is 0 Å². The average molecular weight is 191 g/mol. The Bertz CT molecular complexity index is 462. The number of benzene rings is 1. The third kappa shape index (κ3) is 1.24. The number of hydrogen-bond donors (Lipinski definition) is 2. The van der Waals surface area contributed by atoms with Gasteiger partial charge in [0.05, 0.1) is 11.0 Å². The number of aromatic nitrogens is 2. The summed E-state index contributed by atoms with van der Waals surface area (Å²) in [6.07, 6.45) is 0. The Morgan fingerprint density at radius 1 is 1.50 bits per heavy atom. The van der Waals surface area contributed by atoms with E-state index in [-0.39, 0.29) is 6.61 Å². The quantitative estimate of drug-likeness (QED) is 0.699. The second-order valence-electron chi connectivity index (χ2n) is 3.18. The highest BCUT2D eigenvalue weighted by atomic mass is 16.3. The minimum absolute atomic E-state index is 0.0393. The fourth-order valence-electron chi connectivity index (χ4n) is 1.66. The van der Waals surface area contributed by atoms with Gasteiger partial charge in [-0.2, -0.15) is 0 Å². The molecule has 4 heteroatoms. The van der Waals surface area contributed by atoms with E-state index in [0.717, 1.165) is 23.3 Å². The van der Waals surface area contributed by atoms with E-state index in [0.29, 0.717) is 5.82 Å². The van der Waals surface area contributed by atoms with Crippen LogP contribution in [0.5, 0.6) is 0 Å². The smallest absolute Gasteiger partial charge is 0.135 e. The van der Waals surface area contributed by atoms with Crippen molar-refractivity contribution in [2.24, 2.45) is 0 Å². The summed E-state index contributed by atoms with van der Waals surface area (Å²) < 4.78 is 1.96. The van der Waals surface area contributed by atoms with Crippen LogP contribution in [-0.4, -0.2) is 14.7 Å². The summed E-state index contributed by atoms with van der Waals surface area (Å²) in [6, 6.07) is 5.57. The second kappa shape index (κ2) is 3.31. The van der Waals surface area contributed by atoms with Crippen LogP contribution in [0, 0.1) is 0 Å². The number of aryl methyl sites for hydroxylation is 1. The fourth-order valence-corrected chi connectivity index (χ4v) is 1.66. The molecule has 0 amide bonds. The van der Waals surface area contributed by atoms with Crippen LogP contribution >= 0.6 is 0 Å². The maximum absolute atomic E-state index is 9.11. The molecule has 0 radical (unpaired) electrons. The average Bonchev–Trinajstić information content (AvgIpc) is 2.54. The number of aliphatic hydroxyl groups is 1. The van der Waals surface area contributed by atoms with Crippen molar-refractivity contribution in [2.75, 3.05) is 5.73 Å². The number of anilines is 1. The number of aliphatic hydroxyl groups excluding tert-OH is 1. The first-order chi connectivity index (χ1) is 6.76. The van der Waals surface area contributed by atoms with Gasteiger partial charge in [-0.3, -0.25) is 0 Å². The van der Waals surface area contributed by atoms with Crippen LogP contribution in [0.1, 0.15) is 12.7 Å². The van der Waals surface area contributed by atoms with Gasteiger partial charge in [-0.05, 0) is 25.1 Å². The van der Waals surface area contributed by atoms with Crippen molar-refractivity contribution in [1.82, 2.24) is 9.55 Å². The molecule has 0 bridgehead atoms. The number of imidazole rings is 1. The molecule has 1 aromatic carbocycles. The SMILES string of the molecule is CCn1c(CO)nc2ccc(N)cc21. The lowest BCUT2D eigenvalue weighted by Gasteiger charge is -2.03. The molecular formula is C10H13N3O. The van der Waals surface area contributed by atoms with E-state index < -0.39 is 0 Å². The number of rotatable bonds is 2. The van der Waals surface area contributed by atoms with Crippen LogP contribution in [0.25, 0.3) is 11.0 Å². The first-order valence-electron chi connectivity index (χ1n) is 4.61. The highest BCUT2D eigenvalue weighted by molar-refractivity contribution is 5.79. The molecule has 0 saturated carbocycles. The van der Waals surface area contributed by atoms with Gasteiger partial charge in [-0.25, -0.2) is 4.98 Å². The molecule has 0 unspecified atom stereocenters. The van der Waals surface area contributed by atoms with Crippen molar-refractivity contribution in [1.29, 1.82) is 0 Å². The minimum Gasteiger partial charge on any atom is -0.399 e. The lowest BCUT2D eigenvalue weighted by atomic mass is 10.3. The van der Waals surface area contributed by atoms with Gasteiger partial charge in [0.25, 0.3) is 0 Å². The molecule has 1 heterocycles. The van der Waals surface area contributed by atoms with Gasteiger partial charge in [-0.15, -0.1) is 0 Å². The lowest BCUT2D eigenvalue weighted by Crippen LogP contribution is -2.01. The van der Waals surface area contributed by atoms with Crippen LogP contribution in [0.15, 0.2) is 18.2 Å². The molecular weight excluding hydrogens is 178 g/mol. The monoisotopic (exact) mass is 191 g/mol. The van der Waals surface area contributed by atoms with Gasteiger partial charge in [0, 0.05) is 12.2 Å². The van der Waals surface area contributed by atoms with Crippen LogP contribution in [0.2, 0.25) is 0 Å². The topological polar surface area (TPSA) is 64.1 Å². The van der Waals surface area contributed by atoms with E-state index in [4.69, 9.17) is 10.8 Å². The molecule has 4 nitrogen and oxygen atoms in total. The van der Waals surface area contributed by atoms with E-state index in [9.17, 15) is 0 Å². The molecule has 1 aromatic heterocycles. The molecule has 0 atom stereocenters. The van der Waals surface area contributed by atoms with Crippen molar-refractivity contribution >= 4 is 16.7 Å². The Balaban J connectivity index is 2.74. The van der Waals surface area contributed by atoms with Gasteiger partial charge < -0.3 is 15.4 Å². The third-order valence-electron chi connectivity index (χ3n) is 2.31. The van der Waals surface area contributed by atoms with E-state index in [2.05, 4.69) is 4.98 Å². The molecule has 2 aromatic rings. The van der Waals surface area contributed by atoms with Crippen LogP contribution in [-0.2, 0) is 13.2 Å². The first-order valence-corrected chi connectivity index (χ1v) is 4.61. The second-order valence-corrected chi connectivity index (χ2v) is 3.18. The zero-order chi connectivity index (χ0) is 10.1. The summed E-state index contributed by atoms with van der Waals surface area (Å²) in [5, 5.41) is 9.11. The van der Waals surface area contributed by atoms with Crippen LogP contribution in [0.4, 0.5) is 5.69 Å². The van der Waals surface area contributed by atoms with E-state index in [1.165, 1.54) is 0 Å². The van der Waals surface area contributed by atoms with Crippen LogP contribution < -0.4 is 5.73 Å². The van der Waals surface area contributed by atoms with Gasteiger partial charge >= 0.3 is 0 Å². The van der Waals surface area contributed by atoms with Crippen molar-refractivity contribution in [3.63, 3.8) is 0 Å². The van der Waals surface area contributed by atoms with Crippen molar-refractivity contribution < 1.29 is 5.11 Å². The molecule has 0 fully saturated rings. The molecule has 3 N–H and O–H groups in total. The summed E-state index contributed by atoms with van der Waals surface area (Å²) in [7, 11) is 0. The fraction of sp³-hybridized carbons (Fsp3) is 0.300. The highest BCUT2D eigenvalue weighted by Crippen LogP contribution is 2.18. The Morgan fingerprint density at radius 2 is 2.29 bits per heavy atom. The normalized spacial score (nSPS) is 11.0. The van der Waals surface area contributed by atoms with Gasteiger partial charge in [0.15, 0.2) is 0 Å². The highest BCUT2D eigenvalue weighted by Gasteiger charge is 2.07. The molecule has 2 rings (SSSR count). The van der Waals surface area contributed by atoms with E-state index in [1.54, 1.807) is 0 Å². The molecule has 0 aliphatic rings. The molecule has 14 heavy (non-hydrogen) atoms. The first kappa shape index (κ1) is 9.02. The summed E-state index contributed by atoms with van der Waals surface area (Å²) >= 11 is 0.